The third-order valence-electron chi connectivity index (χ3n) is 5.03. The van der Waals surface area contributed by atoms with Crippen molar-refractivity contribution in [1.29, 1.82) is 0 Å². The lowest BCUT2D eigenvalue weighted by Crippen LogP contribution is -2.43. The van der Waals surface area contributed by atoms with Gasteiger partial charge in [0.2, 0.25) is 0 Å². The number of carbonyl (C=O) groups is 1. The quantitative estimate of drug-likeness (QED) is 0.904. The molecule has 2 unspecified atom stereocenters. The van der Waals surface area contributed by atoms with Crippen LogP contribution in [0.3, 0.4) is 0 Å². The van der Waals surface area contributed by atoms with Gasteiger partial charge in [0.05, 0.1) is 12.7 Å². The third kappa shape index (κ3) is 2.68. The van der Waals surface area contributed by atoms with Crippen LogP contribution in [0.15, 0.2) is 36.4 Å². The molecule has 0 radical (unpaired) electrons. The van der Waals surface area contributed by atoms with Gasteiger partial charge in [0.25, 0.3) is 5.91 Å². The molecule has 2 aliphatic rings. The van der Waals surface area contributed by atoms with Crippen LogP contribution in [-0.4, -0.2) is 30.6 Å². The first kappa shape index (κ1) is 16.8. The Hall–Kier alpha value is -2.69. The zero-order valence-electron chi connectivity index (χ0n) is 15.4. The summed E-state index contributed by atoms with van der Waals surface area (Å²) >= 11 is 0. The number of methoxy groups -OCH3 is 1. The van der Waals surface area contributed by atoms with Gasteiger partial charge in [-0.1, -0.05) is 19.1 Å². The van der Waals surface area contributed by atoms with Gasteiger partial charge in [-0.2, -0.15) is 0 Å². The molecule has 1 amide bonds. The first-order valence-corrected chi connectivity index (χ1v) is 9.16. The normalized spacial score (nSPS) is 20.9. The summed E-state index contributed by atoms with van der Waals surface area (Å²) in [5, 5.41) is 3.53. The number of amides is 1. The number of fused-ring (bicyclic) bond motifs is 2. The van der Waals surface area contributed by atoms with Crippen LogP contribution in [0, 0.1) is 0 Å². The number of rotatable bonds is 4. The average molecular weight is 352 g/mol. The van der Waals surface area contributed by atoms with Crippen LogP contribution in [0.5, 0.6) is 11.5 Å². The molecular weight excluding hydrogens is 328 g/mol. The van der Waals surface area contributed by atoms with Crippen molar-refractivity contribution < 1.29 is 14.3 Å². The smallest absolute Gasteiger partial charge is 0.257 e. The van der Waals surface area contributed by atoms with Crippen LogP contribution in [0.1, 0.15) is 47.9 Å². The van der Waals surface area contributed by atoms with Crippen molar-refractivity contribution in [3.8, 4) is 11.5 Å². The molecule has 0 aromatic heterocycles. The van der Waals surface area contributed by atoms with E-state index in [-0.39, 0.29) is 18.2 Å². The number of nitrogens with zero attached hydrogens (tertiary/aromatic N) is 1. The second-order valence-corrected chi connectivity index (χ2v) is 6.93. The summed E-state index contributed by atoms with van der Waals surface area (Å²) in [4.78, 5) is 15.0. The molecule has 0 saturated heterocycles. The van der Waals surface area contributed by atoms with Crippen molar-refractivity contribution in [2.75, 3.05) is 19.0 Å². The van der Waals surface area contributed by atoms with E-state index in [2.05, 4.69) is 19.2 Å². The van der Waals surface area contributed by atoms with E-state index in [4.69, 9.17) is 9.47 Å². The van der Waals surface area contributed by atoms with Crippen LogP contribution in [0.25, 0.3) is 0 Å². The topological polar surface area (TPSA) is 50.8 Å². The second-order valence-electron chi connectivity index (χ2n) is 6.93. The van der Waals surface area contributed by atoms with E-state index in [0.717, 1.165) is 41.2 Å². The Labute approximate surface area is 153 Å². The van der Waals surface area contributed by atoms with Crippen molar-refractivity contribution in [1.82, 2.24) is 4.90 Å². The highest BCUT2D eigenvalue weighted by molar-refractivity contribution is 6.01. The number of ether oxygens (including phenoxy) is 2. The number of anilines is 1. The summed E-state index contributed by atoms with van der Waals surface area (Å²) in [5.74, 6) is 1.72. The van der Waals surface area contributed by atoms with Gasteiger partial charge in [0.1, 0.15) is 23.8 Å². The molecule has 1 N–H and O–H groups in total. The van der Waals surface area contributed by atoms with Gasteiger partial charge in [0, 0.05) is 29.8 Å². The van der Waals surface area contributed by atoms with E-state index in [9.17, 15) is 4.79 Å². The summed E-state index contributed by atoms with van der Waals surface area (Å²) in [5.41, 5.74) is 3.65. The standard InChI is InChI=1S/C21H24N2O3/c1-4-9-23-20(22-17-8-6-5-7-15(17)21(23)24)16-12-18-14(10-13(2)26-18)11-19(16)25-3/h5-8,11-13,20,22H,4,9-10H2,1-3H3. The van der Waals surface area contributed by atoms with Gasteiger partial charge in [-0.25, -0.2) is 0 Å². The number of carbonyl (C=O) groups excluding carboxylic acids is 1. The Morgan fingerprint density at radius 1 is 1.31 bits per heavy atom. The second kappa shape index (κ2) is 6.56. The lowest BCUT2D eigenvalue weighted by molar-refractivity contribution is 0.0681. The van der Waals surface area contributed by atoms with Gasteiger partial charge in [-0.15, -0.1) is 0 Å². The molecular formula is C21H24N2O3. The molecule has 0 saturated carbocycles. The van der Waals surface area contributed by atoms with Gasteiger partial charge in [-0.05, 0) is 37.6 Å². The van der Waals surface area contributed by atoms with Crippen molar-refractivity contribution in [3.05, 3.63) is 53.1 Å². The SMILES string of the molecule is CCCN1C(=O)c2ccccc2NC1c1cc2c(cc1OC)CC(C)O2. The lowest BCUT2D eigenvalue weighted by atomic mass is 10.00. The zero-order valence-corrected chi connectivity index (χ0v) is 15.4. The van der Waals surface area contributed by atoms with Crippen molar-refractivity contribution in [2.24, 2.45) is 0 Å². The Morgan fingerprint density at radius 2 is 2.12 bits per heavy atom. The maximum atomic E-state index is 13.1. The highest BCUT2D eigenvalue weighted by atomic mass is 16.5. The lowest BCUT2D eigenvalue weighted by Gasteiger charge is -2.38. The molecule has 5 nitrogen and oxygen atoms in total. The fraction of sp³-hybridized carbons (Fsp3) is 0.381. The molecule has 2 aromatic carbocycles. The van der Waals surface area contributed by atoms with E-state index in [1.165, 1.54) is 0 Å². The molecule has 2 heterocycles. The number of hydrogen-bond donors (Lipinski definition) is 1. The number of hydrogen-bond acceptors (Lipinski definition) is 4. The molecule has 4 rings (SSSR count). The molecule has 0 spiro atoms. The minimum absolute atomic E-state index is 0.0445. The van der Waals surface area contributed by atoms with Gasteiger partial charge < -0.3 is 19.7 Å². The van der Waals surface area contributed by atoms with E-state index in [0.29, 0.717) is 12.1 Å². The van der Waals surface area contributed by atoms with E-state index >= 15 is 0 Å². The van der Waals surface area contributed by atoms with E-state index < -0.39 is 0 Å². The van der Waals surface area contributed by atoms with Gasteiger partial charge in [-0.3, -0.25) is 4.79 Å². The molecule has 0 aliphatic carbocycles. The first-order chi connectivity index (χ1) is 12.6. The molecule has 2 atom stereocenters. The maximum absolute atomic E-state index is 13.1. The zero-order chi connectivity index (χ0) is 18.3. The third-order valence-corrected chi connectivity index (χ3v) is 5.03. The molecule has 136 valence electrons. The Morgan fingerprint density at radius 3 is 2.88 bits per heavy atom. The van der Waals surface area contributed by atoms with Crippen molar-refractivity contribution >= 4 is 11.6 Å². The van der Waals surface area contributed by atoms with Crippen molar-refractivity contribution in [3.63, 3.8) is 0 Å². The highest BCUT2D eigenvalue weighted by Crippen LogP contribution is 2.41. The average Bonchev–Trinajstić information content (AvgIpc) is 3.01. The summed E-state index contributed by atoms with van der Waals surface area (Å²) in [6.07, 6.45) is 1.65. The molecule has 26 heavy (non-hydrogen) atoms. The predicted octanol–water partition coefficient (Wildman–Crippen LogP) is 4.00. The van der Waals surface area contributed by atoms with Crippen LogP contribution in [-0.2, 0) is 6.42 Å². The Balaban J connectivity index is 1.81. The molecule has 0 bridgehead atoms. The van der Waals surface area contributed by atoms with Gasteiger partial charge in [0.15, 0.2) is 0 Å². The van der Waals surface area contributed by atoms with Crippen LogP contribution >= 0.6 is 0 Å². The number of benzene rings is 2. The highest BCUT2D eigenvalue weighted by Gasteiger charge is 2.35. The van der Waals surface area contributed by atoms with Crippen LogP contribution < -0.4 is 14.8 Å². The maximum Gasteiger partial charge on any atom is 0.257 e. The largest absolute Gasteiger partial charge is 0.496 e. The number of nitrogens with one attached hydrogen (secondary N) is 1. The minimum Gasteiger partial charge on any atom is -0.496 e. The first-order valence-electron chi connectivity index (χ1n) is 9.16. The minimum atomic E-state index is -0.280. The summed E-state index contributed by atoms with van der Waals surface area (Å²) in [6, 6.07) is 11.7. The Kier molecular flexibility index (Phi) is 4.23. The molecule has 5 heteroatoms. The monoisotopic (exact) mass is 352 g/mol. The fourth-order valence-electron chi connectivity index (χ4n) is 3.86. The molecule has 2 aromatic rings. The number of para-hydroxylation sites is 1. The van der Waals surface area contributed by atoms with Crippen LogP contribution in [0.4, 0.5) is 5.69 Å². The van der Waals surface area contributed by atoms with E-state index in [1.807, 2.05) is 41.3 Å². The van der Waals surface area contributed by atoms with E-state index in [1.54, 1.807) is 7.11 Å². The van der Waals surface area contributed by atoms with Crippen molar-refractivity contribution in [2.45, 2.75) is 39.0 Å². The molecule has 0 fully saturated rings. The molecule has 2 aliphatic heterocycles. The summed E-state index contributed by atoms with van der Waals surface area (Å²) in [6.45, 7) is 4.81. The van der Waals surface area contributed by atoms with Crippen LogP contribution in [0.2, 0.25) is 0 Å². The summed E-state index contributed by atoms with van der Waals surface area (Å²) < 4.78 is 11.6. The summed E-state index contributed by atoms with van der Waals surface area (Å²) in [7, 11) is 1.67. The fourth-order valence-corrected chi connectivity index (χ4v) is 3.86. The Bertz CT molecular complexity index is 849. The van der Waals surface area contributed by atoms with Gasteiger partial charge >= 0.3 is 0 Å². The predicted molar refractivity (Wildman–Crippen MR) is 101 cm³/mol.